The van der Waals surface area contributed by atoms with Crippen LogP contribution in [-0.2, 0) is 26.0 Å². The zero-order chi connectivity index (χ0) is 26.7. The summed E-state index contributed by atoms with van der Waals surface area (Å²) < 4.78 is 65.7. The number of amides is 3. The lowest BCUT2D eigenvalue weighted by Crippen LogP contribution is -2.40. The second-order valence-corrected chi connectivity index (χ2v) is 10.1. The molecule has 194 valence electrons. The topological polar surface area (TPSA) is 125 Å². The van der Waals surface area contributed by atoms with Crippen LogP contribution in [0.2, 0.25) is 0 Å². The molecule has 9 nitrogen and oxygen atoms in total. The molecule has 0 spiro atoms. The van der Waals surface area contributed by atoms with Crippen molar-refractivity contribution in [1.82, 2.24) is 10.0 Å². The monoisotopic (exact) mass is 526 g/mol. The summed E-state index contributed by atoms with van der Waals surface area (Å²) in [7, 11) is -4.00. The maximum atomic E-state index is 12.7. The van der Waals surface area contributed by atoms with Crippen molar-refractivity contribution in [2.75, 3.05) is 29.9 Å². The SMILES string of the molecule is CC(C)C(=O)Nc1ccc(C(=O)NCCNS(=O)(=O)c2ccc3c(c2)CCN3C(=O)C(F)(F)F)cc1. The Hall–Kier alpha value is -3.45. The van der Waals surface area contributed by atoms with Crippen molar-refractivity contribution >= 4 is 39.1 Å². The maximum absolute atomic E-state index is 12.7. The maximum Gasteiger partial charge on any atom is 0.471 e. The van der Waals surface area contributed by atoms with Crippen molar-refractivity contribution in [2.24, 2.45) is 5.92 Å². The summed E-state index contributed by atoms with van der Waals surface area (Å²) in [6, 6.07) is 9.74. The minimum Gasteiger partial charge on any atom is -0.351 e. The fourth-order valence-electron chi connectivity index (χ4n) is 3.45. The number of hydrogen-bond acceptors (Lipinski definition) is 5. The first-order valence-electron chi connectivity index (χ1n) is 11.0. The molecule has 0 aliphatic carbocycles. The predicted octanol–water partition coefficient (Wildman–Crippen LogP) is 2.44. The average molecular weight is 527 g/mol. The number of benzene rings is 2. The van der Waals surface area contributed by atoms with Crippen LogP contribution in [-0.4, -0.2) is 51.9 Å². The Morgan fingerprint density at radius 3 is 2.31 bits per heavy atom. The minimum atomic E-state index is -5.02. The van der Waals surface area contributed by atoms with Crippen LogP contribution in [0.1, 0.15) is 29.8 Å². The Morgan fingerprint density at radius 1 is 1.03 bits per heavy atom. The van der Waals surface area contributed by atoms with Gasteiger partial charge in [-0.25, -0.2) is 13.1 Å². The van der Waals surface area contributed by atoms with Gasteiger partial charge in [-0.15, -0.1) is 0 Å². The smallest absolute Gasteiger partial charge is 0.351 e. The summed E-state index contributed by atoms with van der Waals surface area (Å²) in [5.41, 5.74) is 1.20. The molecule has 0 aromatic heterocycles. The Balaban J connectivity index is 1.53. The van der Waals surface area contributed by atoms with Crippen LogP contribution in [0, 0.1) is 5.92 Å². The molecule has 0 bridgehead atoms. The molecule has 3 N–H and O–H groups in total. The molecule has 0 radical (unpaired) electrons. The largest absolute Gasteiger partial charge is 0.471 e. The molecule has 0 unspecified atom stereocenters. The van der Waals surface area contributed by atoms with E-state index in [4.69, 9.17) is 0 Å². The number of anilines is 2. The highest BCUT2D eigenvalue weighted by Crippen LogP contribution is 2.33. The predicted molar refractivity (Wildman–Crippen MR) is 126 cm³/mol. The molecule has 1 aliphatic rings. The zero-order valence-electron chi connectivity index (χ0n) is 19.5. The first kappa shape index (κ1) is 27.1. The lowest BCUT2D eigenvalue weighted by molar-refractivity contribution is -0.170. The molecule has 0 fully saturated rings. The first-order chi connectivity index (χ1) is 16.8. The third-order valence-corrected chi connectivity index (χ3v) is 6.84. The van der Waals surface area contributed by atoms with Gasteiger partial charge in [0.1, 0.15) is 0 Å². The van der Waals surface area contributed by atoms with Gasteiger partial charge < -0.3 is 15.5 Å². The van der Waals surface area contributed by atoms with Gasteiger partial charge in [0.05, 0.1) is 4.90 Å². The van der Waals surface area contributed by atoms with Crippen LogP contribution in [0.4, 0.5) is 24.5 Å². The number of sulfonamides is 1. The van der Waals surface area contributed by atoms with Gasteiger partial charge >= 0.3 is 12.1 Å². The molecule has 1 heterocycles. The number of alkyl halides is 3. The summed E-state index contributed by atoms with van der Waals surface area (Å²) in [4.78, 5) is 36.0. The number of nitrogens with zero attached hydrogens (tertiary/aromatic N) is 1. The number of carbonyl (C=O) groups excluding carboxylic acids is 3. The standard InChI is InChI=1S/C23H25F3N4O5S/c1-14(2)20(31)29-17-5-3-15(4-6-17)21(32)27-10-11-28-36(34,35)18-7-8-19-16(13-18)9-12-30(19)22(33)23(24,25)26/h3-8,13-14,28H,9-12H2,1-2H3,(H,27,32)(H,29,31). The molecule has 2 aromatic carbocycles. The van der Waals surface area contributed by atoms with Gasteiger partial charge in [-0.1, -0.05) is 13.8 Å². The normalized spacial score (nSPS) is 13.4. The summed E-state index contributed by atoms with van der Waals surface area (Å²) in [5.74, 6) is -2.79. The van der Waals surface area contributed by atoms with Gasteiger partial charge in [0.15, 0.2) is 0 Å². The van der Waals surface area contributed by atoms with Gasteiger partial charge in [-0.2, -0.15) is 13.2 Å². The molecule has 0 atom stereocenters. The van der Waals surface area contributed by atoms with Gasteiger partial charge in [0.2, 0.25) is 15.9 Å². The second kappa shape index (κ2) is 10.7. The first-order valence-corrected chi connectivity index (χ1v) is 12.5. The van der Waals surface area contributed by atoms with E-state index in [0.717, 1.165) is 6.07 Å². The number of carbonyl (C=O) groups is 3. The van der Waals surface area contributed by atoms with E-state index in [1.807, 2.05) is 0 Å². The highest BCUT2D eigenvalue weighted by molar-refractivity contribution is 7.89. The Morgan fingerprint density at radius 2 is 1.69 bits per heavy atom. The summed E-state index contributed by atoms with van der Waals surface area (Å²) in [6.45, 7) is 3.16. The van der Waals surface area contributed by atoms with E-state index >= 15 is 0 Å². The van der Waals surface area contributed by atoms with Gasteiger partial charge in [-0.3, -0.25) is 14.4 Å². The molecule has 0 saturated carbocycles. The van der Waals surface area contributed by atoms with E-state index in [9.17, 15) is 36.0 Å². The van der Waals surface area contributed by atoms with E-state index < -0.39 is 28.0 Å². The third-order valence-electron chi connectivity index (χ3n) is 5.39. The fourth-order valence-corrected chi connectivity index (χ4v) is 4.53. The van der Waals surface area contributed by atoms with Crippen LogP contribution in [0.15, 0.2) is 47.4 Å². The second-order valence-electron chi connectivity index (χ2n) is 8.37. The fraction of sp³-hybridized carbons (Fsp3) is 0.348. The summed E-state index contributed by atoms with van der Waals surface area (Å²) in [5, 5.41) is 5.28. The van der Waals surface area contributed by atoms with Gasteiger partial charge in [0, 0.05) is 42.5 Å². The Labute approximate surface area is 206 Å². The lowest BCUT2D eigenvalue weighted by atomic mass is 10.1. The molecule has 3 amide bonds. The highest BCUT2D eigenvalue weighted by Gasteiger charge is 2.44. The lowest BCUT2D eigenvalue weighted by Gasteiger charge is -2.19. The molecule has 0 saturated heterocycles. The van der Waals surface area contributed by atoms with E-state index in [1.165, 1.54) is 24.3 Å². The van der Waals surface area contributed by atoms with Crippen LogP contribution in [0.3, 0.4) is 0 Å². The van der Waals surface area contributed by atoms with E-state index in [1.54, 1.807) is 26.0 Å². The van der Waals surface area contributed by atoms with E-state index in [0.29, 0.717) is 21.7 Å². The van der Waals surface area contributed by atoms with Crippen molar-refractivity contribution < 1.29 is 36.0 Å². The molecule has 36 heavy (non-hydrogen) atoms. The van der Waals surface area contributed by atoms with Crippen molar-refractivity contribution in [3.63, 3.8) is 0 Å². The van der Waals surface area contributed by atoms with Crippen molar-refractivity contribution in [1.29, 1.82) is 0 Å². The van der Waals surface area contributed by atoms with Crippen LogP contribution >= 0.6 is 0 Å². The number of fused-ring (bicyclic) bond motifs is 1. The quantitative estimate of drug-likeness (QED) is 0.456. The van der Waals surface area contributed by atoms with Crippen molar-refractivity contribution in [2.45, 2.75) is 31.3 Å². The summed E-state index contributed by atoms with van der Waals surface area (Å²) in [6.07, 6.45) is -4.93. The summed E-state index contributed by atoms with van der Waals surface area (Å²) >= 11 is 0. The molecular formula is C23H25F3N4O5S. The van der Waals surface area contributed by atoms with Crippen LogP contribution in [0.25, 0.3) is 0 Å². The molecular weight excluding hydrogens is 501 g/mol. The number of nitrogens with one attached hydrogen (secondary N) is 3. The van der Waals surface area contributed by atoms with Gasteiger partial charge in [-0.05, 0) is 54.4 Å². The zero-order valence-corrected chi connectivity index (χ0v) is 20.3. The average Bonchev–Trinajstić information content (AvgIpc) is 3.24. The van der Waals surface area contributed by atoms with E-state index in [2.05, 4.69) is 15.4 Å². The molecule has 3 rings (SSSR count). The number of hydrogen-bond donors (Lipinski definition) is 3. The minimum absolute atomic E-state index is 0.0251. The molecule has 13 heteroatoms. The van der Waals surface area contributed by atoms with E-state index in [-0.39, 0.29) is 48.5 Å². The van der Waals surface area contributed by atoms with Gasteiger partial charge in [0.25, 0.3) is 5.91 Å². The molecule has 1 aliphatic heterocycles. The van der Waals surface area contributed by atoms with Crippen LogP contribution in [0.5, 0.6) is 0 Å². The highest BCUT2D eigenvalue weighted by atomic mass is 32.2. The Kier molecular flexibility index (Phi) is 8.04. The van der Waals surface area contributed by atoms with Crippen LogP contribution < -0.4 is 20.3 Å². The molecule has 2 aromatic rings. The number of halogens is 3. The third kappa shape index (κ3) is 6.40. The number of rotatable bonds is 8. The van der Waals surface area contributed by atoms with Crippen molar-refractivity contribution in [3.8, 4) is 0 Å². The van der Waals surface area contributed by atoms with Crippen molar-refractivity contribution in [3.05, 3.63) is 53.6 Å². The Bertz CT molecular complexity index is 1260.